The van der Waals surface area contributed by atoms with Crippen molar-refractivity contribution in [2.45, 2.75) is 26.4 Å². The maximum atomic E-state index is 13.0. The van der Waals surface area contributed by atoms with Crippen molar-refractivity contribution < 1.29 is 14.1 Å². The van der Waals surface area contributed by atoms with Crippen LogP contribution in [-0.2, 0) is 11.3 Å². The van der Waals surface area contributed by atoms with Crippen LogP contribution in [-0.4, -0.2) is 32.1 Å². The van der Waals surface area contributed by atoms with Gasteiger partial charge in [-0.15, -0.1) is 0 Å². The van der Waals surface area contributed by atoms with Crippen molar-refractivity contribution in [2.24, 2.45) is 0 Å². The first-order valence-corrected chi connectivity index (χ1v) is 7.14. The average molecular weight is 320 g/mol. The lowest BCUT2D eigenvalue weighted by molar-refractivity contribution is -0.385. The van der Waals surface area contributed by atoms with E-state index in [1.165, 1.54) is 23.0 Å². The van der Waals surface area contributed by atoms with Gasteiger partial charge >= 0.3 is 5.69 Å². The number of nitro groups is 1. The molecule has 1 heterocycles. The Balaban J connectivity index is 2.10. The van der Waals surface area contributed by atoms with Gasteiger partial charge in [0, 0.05) is 6.54 Å². The normalized spacial score (nSPS) is 12.0. The van der Waals surface area contributed by atoms with Crippen molar-refractivity contribution in [3.8, 4) is 0 Å². The first kappa shape index (κ1) is 16.6. The maximum Gasteiger partial charge on any atom is 0.307 e. The van der Waals surface area contributed by atoms with E-state index in [2.05, 4.69) is 5.10 Å². The van der Waals surface area contributed by atoms with Crippen molar-refractivity contribution in [1.82, 2.24) is 14.7 Å². The number of carbonyl (C=O) groups excluding carboxylic acids is 1. The van der Waals surface area contributed by atoms with Crippen LogP contribution < -0.4 is 0 Å². The second-order valence-electron chi connectivity index (χ2n) is 5.06. The Bertz CT molecular complexity index is 699. The van der Waals surface area contributed by atoms with Crippen molar-refractivity contribution in [3.63, 3.8) is 0 Å². The van der Waals surface area contributed by atoms with Crippen LogP contribution in [0.25, 0.3) is 0 Å². The molecular weight excluding hydrogens is 303 g/mol. The van der Waals surface area contributed by atoms with E-state index in [-0.39, 0.29) is 30.0 Å². The van der Waals surface area contributed by atoms with Crippen LogP contribution >= 0.6 is 0 Å². The van der Waals surface area contributed by atoms with Crippen molar-refractivity contribution >= 4 is 11.6 Å². The monoisotopic (exact) mass is 320 g/mol. The number of halogens is 1. The van der Waals surface area contributed by atoms with Crippen LogP contribution in [0.2, 0.25) is 0 Å². The molecule has 0 N–H and O–H groups in total. The number of rotatable bonds is 6. The molecule has 23 heavy (non-hydrogen) atoms. The van der Waals surface area contributed by atoms with Gasteiger partial charge in [0.2, 0.25) is 5.91 Å². The molecule has 0 spiro atoms. The molecule has 0 bridgehead atoms. The molecule has 1 aromatic carbocycles. The molecule has 0 fully saturated rings. The number of likely N-dealkylation sites (N-methyl/N-ethyl adjacent to an activating group) is 1. The summed E-state index contributed by atoms with van der Waals surface area (Å²) in [7, 11) is 0. The summed E-state index contributed by atoms with van der Waals surface area (Å²) in [4.78, 5) is 24.1. The second kappa shape index (κ2) is 6.99. The molecule has 8 heteroatoms. The van der Waals surface area contributed by atoms with E-state index < -0.39 is 4.92 Å². The second-order valence-corrected chi connectivity index (χ2v) is 5.06. The van der Waals surface area contributed by atoms with Crippen LogP contribution in [0.4, 0.5) is 10.1 Å². The van der Waals surface area contributed by atoms with Crippen LogP contribution in [0, 0.1) is 15.9 Å². The van der Waals surface area contributed by atoms with E-state index in [1.54, 1.807) is 17.0 Å². The zero-order chi connectivity index (χ0) is 17.0. The van der Waals surface area contributed by atoms with Gasteiger partial charge in [0.05, 0.1) is 11.0 Å². The minimum atomic E-state index is -0.563. The molecule has 1 aromatic heterocycles. The number of nitrogens with zero attached hydrogens (tertiary/aromatic N) is 4. The predicted octanol–water partition coefficient (Wildman–Crippen LogP) is 2.54. The Morgan fingerprint density at radius 2 is 2.09 bits per heavy atom. The molecule has 0 aliphatic heterocycles. The summed E-state index contributed by atoms with van der Waals surface area (Å²) in [5.41, 5.74) is 0.653. The minimum absolute atomic E-state index is 0.0901. The molecule has 1 atom stereocenters. The van der Waals surface area contributed by atoms with E-state index in [4.69, 9.17) is 0 Å². The quantitative estimate of drug-likeness (QED) is 0.605. The summed E-state index contributed by atoms with van der Waals surface area (Å²) in [6.07, 6.45) is 2.32. The summed E-state index contributed by atoms with van der Waals surface area (Å²) in [6, 6.07) is 5.73. The summed E-state index contributed by atoms with van der Waals surface area (Å²) < 4.78 is 14.2. The van der Waals surface area contributed by atoms with Crippen LogP contribution in [0.5, 0.6) is 0 Å². The molecule has 122 valence electrons. The highest BCUT2D eigenvalue weighted by atomic mass is 19.1. The number of benzene rings is 1. The van der Waals surface area contributed by atoms with Crippen molar-refractivity contribution in [1.29, 1.82) is 0 Å². The largest absolute Gasteiger partial charge is 0.335 e. The summed E-state index contributed by atoms with van der Waals surface area (Å²) in [5, 5.41) is 14.5. The average Bonchev–Trinajstić information content (AvgIpc) is 2.97. The van der Waals surface area contributed by atoms with E-state index in [0.717, 1.165) is 11.8 Å². The lowest BCUT2D eigenvalue weighted by atomic mass is 10.1. The van der Waals surface area contributed by atoms with Gasteiger partial charge in [-0.05, 0) is 31.5 Å². The Hall–Kier alpha value is -2.77. The van der Waals surface area contributed by atoms with Gasteiger partial charge < -0.3 is 4.90 Å². The Morgan fingerprint density at radius 3 is 2.61 bits per heavy atom. The van der Waals surface area contributed by atoms with Crippen LogP contribution in [0.3, 0.4) is 0 Å². The van der Waals surface area contributed by atoms with E-state index in [0.29, 0.717) is 6.54 Å². The maximum absolute atomic E-state index is 13.0. The topological polar surface area (TPSA) is 81.3 Å². The Labute approximate surface area is 132 Å². The number of carbonyl (C=O) groups is 1. The molecule has 7 nitrogen and oxygen atoms in total. The summed E-state index contributed by atoms with van der Waals surface area (Å²) >= 11 is 0. The number of hydrogen-bond acceptors (Lipinski definition) is 4. The van der Waals surface area contributed by atoms with Gasteiger partial charge in [-0.2, -0.15) is 5.10 Å². The fourth-order valence-corrected chi connectivity index (χ4v) is 2.35. The molecular formula is C15H17FN4O3. The van der Waals surface area contributed by atoms with Crippen molar-refractivity contribution in [2.75, 3.05) is 6.54 Å². The van der Waals surface area contributed by atoms with Gasteiger partial charge in [0.1, 0.15) is 24.8 Å². The molecule has 0 saturated heterocycles. The van der Waals surface area contributed by atoms with E-state index >= 15 is 0 Å². The molecule has 0 radical (unpaired) electrons. The lowest BCUT2D eigenvalue weighted by Crippen LogP contribution is -2.36. The third kappa shape index (κ3) is 3.91. The highest BCUT2D eigenvalue weighted by molar-refractivity contribution is 5.76. The number of aromatic nitrogens is 2. The predicted molar refractivity (Wildman–Crippen MR) is 81.1 cm³/mol. The van der Waals surface area contributed by atoms with E-state index in [9.17, 15) is 19.3 Å². The third-order valence-electron chi connectivity index (χ3n) is 3.61. The number of hydrogen-bond donors (Lipinski definition) is 0. The summed E-state index contributed by atoms with van der Waals surface area (Å²) in [5.74, 6) is -0.554. The summed E-state index contributed by atoms with van der Waals surface area (Å²) in [6.45, 7) is 4.05. The molecule has 0 saturated carbocycles. The highest BCUT2D eigenvalue weighted by Crippen LogP contribution is 2.21. The zero-order valence-electron chi connectivity index (χ0n) is 12.8. The van der Waals surface area contributed by atoms with Gasteiger partial charge in [0.15, 0.2) is 0 Å². The van der Waals surface area contributed by atoms with Gasteiger partial charge in [0.25, 0.3) is 0 Å². The fourth-order valence-electron chi connectivity index (χ4n) is 2.35. The van der Waals surface area contributed by atoms with Gasteiger partial charge in [-0.3, -0.25) is 19.6 Å². The van der Waals surface area contributed by atoms with Crippen LogP contribution in [0.15, 0.2) is 36.7 Å². The Morgan fingerprint density at radius 1 is 1.43 bits per heavy atom. The number of amides is 1. The SMILES string of the molecule is CCN(C(=O)Cn1cc([N+](=O)[O-])cn1)[C@@H](C)c1ccc(F)cc1. The van der Waals surface area contributed by atoms with Crippen LogP contribution in [0.1, 0.15) is 25.5 Å². The first-order chi connectivity index (χ1) is 10.9. The smallest absolute Gasteiger partial charge is 0.307 e. The Kier molecular flexibility index (Phi) is 5.05. The fraction of sp³-hybridized carbons (Fsp3) is 0.333. The van der Waals surface area contributed by atoms with Gasteiger partial charge in [-0.25, -0.2) is 4.39 Å². The highest BCUT2D eigenvalue weighted by Gasteiger charge is 2.21. The molecule has 2 aromatic rings. The first-order valence-electron chi connectivity index (χ1n) is 7.14. The van der Waals surface area contributed by atoms with Gasteiger partial charge in [-0.1, -0.05) is 12.1 Å². The molecule has 2 rings (SSSR count). The third-order valence-corrected chi connectivity index (χ3v) is 3.61. The standard InChI is InChI=1S/C15H17FN4O3/c1-3-19(11(2)12-4-6-13(16)7-5-12)15(21)10-18-9-14(8-17-18)20(22)23/h4-9,11H,3,10H2,1-2H3/t11-/m0/s1. The molecule has 0 unspecified atom stereocenters. The molecule has 0 aliphatic rings. The zero-order valence-corrected chi connectivity index (χ0v) is 12.8. The lowest BCUT2D eigenvalue weighted by Gasteiger charge is -2.28. The van der Waals surface area contributed by atoms with E-state index in [1.807, 2.05) is 13.8 Å². The molecule has 0 aliphatic carbocycles. The molecule has 1 amide bonds. The minimum Gasteiger partial charge on any atom is -0.335 e. The van der Waals surface area contributed by atoms with Crippen molar-refractivity contribution in [3.05, 3.63) is 58.2 Å².